The van der Waals surface area contributed by atoms with E-state index in [1.807, 2.05) is 20.8 Å². The van der Waals surface area contributed by atoms with Gasteiger partial charge in [-0.05, 0) is 13.0 Å². The van der Waals surface area contributed by atoms with Crippen molar-refractivity contribution in [3.63, 3.8) is 0 Å². The van der Waals surface area contributed by atoms with Crippen molar-refractivity contribution in [1.82, 2.24) is 19.7 Å². The SMILES string of the molecule is Cc1oc(C(C)(C)C)cc1C(=O)N1CCn2c(nnc2C(F)F)C1. The third-order valence-corrected chi connectivity index (χ3v) is 4.15. The molecule has 3 heterocycles. The van der Waals surface area contributed by atoms with E-state index < -0.39 is 6.43 Å². The smallest absolute Gasteiger partial charge is 0.297 e. The average Bonchev–Trinajstić information content (AvgIpc) is 3.08. The van der Waals surface area contributed by atoms with Crippen LogP contribution in [0.4, 0.5) is 8.78 Å². The van der Waals surface area contributed by atoms with Gasteiger partial charge in [-0.3, -0.25) is 4.79 Å². The summed E-state index contributed by atoms with van der Waals surface area (Å²) in [5.74, 6) is 1.15. The fourth-order valence-electron chi connectivity index (χ4n) is 2.75. The number of carbonyl (C=O) groups excluding carboxylic acids is 1. The van der Waals surface area contributed by atoms with Gasteiger partial charge in [0.15, 0.2) is 11.6 Å². The monoisotopic (exact) mass is 338 g/mol. The zero-order chi connectivity index (χ0) is 17.6. The number of aromatic nitrogens is 3. The number of amides is 1. The Balaban J connectivity index is 1.83. The molecule has 0 spiro atoms. The lowest BCUT2D eigenvalue weighted by Crippen LogP contribution is -2.39. The van der Waals surface area contributed by atoms with Gasteiger partial charge in [-0.15, -0.1) is 10.2 Å². The number of hydrogen-bond donors (Lipinski definition) is 0. The summed E-state index contributed by atoms with van der Waals surface area (Å²) in [4.78, 5) is 14.4. The minimum absolute atomic E-state index is 0.161. The molecule has 0 aromatic carbocycles. The number of alkyl halides is 2. The summed E-state index contributed by atoms with van der Waals surface area (Å²) in [6, 6.07) is 1.77. The Labute approximate surface area is 138 Å². The van der Waals surface area contributed by atoms with Crippen molar-refractivity contribution in [3.05, 3.63) is 34.8 Å². The number of aryl methyl sites for hydroxylation is 1. The van der Waals surface area contributed by atoms with Crippen molar-refractivity contribution in [2.45, 2.75) is 52.6 Å². The minimum Gasteiger partial charge on any atom is -0.465 e. The topological polar surface area (TPSA) is 64.2 Å². The quantitative estimate of drug-likeness (QED) is 0.844. The highest BCUT2D eigenvalue weighted by atomic mass is 19.3. The van der Waals surface area contributed by atoms with Crippen molar-refractivity contribution >= 4 is 5.91 Å². The van der Waals surface area contributed by atoms with Crippen molar-refractivity contribution in [1.29, 1.82) is 0 Å². The number of nitrogens with zero attached hydrogens (tertiary/aromatic N) is 4. The van der Waals surface area contributed by atoms with Gasteiger partial charge in [-0.2, -0.15) is 0 Å². The van der Waals surface area contributed by atoms with Crippen molar-refractivity contribution in [3.8, 4) is 0 Å². The first-order valence-corrected chi connectivity index (χ1v) is 7.79. The zero-order valence-electron chi connectivity index (χ0n) is 14.1. The van der Waals surface area contributed by atoms with Crippen LogP contribution >= 0.6 is 0 Å². The van der Waals surface area contributed by atoms with Gasteiger partial charge < -0.3 is 13.9 Å². The van der Waals surface area contributed by atoms with E-state index in [0.717, 1.165) is 5.76 Å². The molecule has 0 bridgehead atoms. The van der Waals surface area contributed by atoms with E-state index in [4.69, 9.17) is 4.42 Å². The molecule has 2 aromatic rings. The van der Waals surface area contributed by atoms with Crippen molar-refractivity contribution < 1.29 is 18.0 Å². The van der Waals surface area contributed by atoms with Gasteiger partial charge >= 0.3 is 0 Å². The summed E-state index contributed by atoms with van der Waals surface area (Å²) in [6.07, 6.45) is -2.67. The van der Waals surface area contributed by atoms with Crippen molar-refractivity contribution in [2.75, 3.05) is 6.54 Å². The van der Waals surface area contributed by atoms with Crippen LogP contribution in [0.3, 0.4) is 0 Å². The van der Waals surface area contributed by atoms with Crippen LogP contribution in [0.2, 0.25) is 0 Å². The number of fused-ring (bicyclic) bond motifs is 1. The molecule has 0 saturated carbocycles. The summed E-state index contributed by atoms with van der Waals surface area (Å²) in [7, 11) is 0. The standard InChI is InChI=1S/C16H20F2N4O2/c1-9-10(7-11(24-9)16(2,3)4)15(23)21-5-6-22-12(8-21)19-20-14(22)13(17)18/h7,13H,5-6,8H2,1-4H3. The lowest BCUT2D eigenvalue weighted by molar-refractivity contribution is 0.0697. The number of carbonyl (C=O) groups is 1. The van der Waals surface area contributed by atoms with Gasteiger partial charge in [-0.1, -0.05) is 20.8 Å². The van der Waals surface area contributed by atoms with Gasteiger partial charge in [0.1, 0.15) is 11.5 Å². The molecule has 1 aliphatic rings. The Hall–Kier alpha value is -2.25. The molecule has 0 aliphatic carbocycles. The highest BCUT2D eigenvalue weighted by molar-refractivity contribution is 5.95. The summed E-state index contributed by atoms with van der Waals surface area (Å²) < 4.78 is 32.8. The number of halogens is 2. The van der Waals surface area contributed by atoms with Gasteiger partial charge in [0.2, 0.25) is 0 Å². The lowest BCUT2D eigenvalue weighted by Gasteiger charge is -2.27. The Bertz CT molecular complexity index is 774. The molecule has 0 saturated heterocycles. The second-order valence-electron chi connectivity index (χ2n) is 6.98. The Morgan fingerprint density at radius 1 is 1.29 bits per heavy atom. The van der Waals surface area contributed by atoms with Gasteiger partial charge in [0.05, 0.1) is 12.1 Å². The Kier molecular flexibility index (Phi) is 3.93. The molecule has 2 aromatic heterocycles. The van der Waals surface area contributed by atoms with Gasteiger partial charge in [-0.25, -0.2) is 8.78 Å². The van der Waals surface area contributed by atoms with E-state index in [1.165, 1.54) is 4.57 Å². The maximum Gasteiger partial charge on any atom is 0.297 e. The third kappa shape index (κ3) is 2.81. The number of hydrogen-bond acceptors (Lipinski definition) is 4. The molecule has 0 unspecified atom stereocenters. The van der Waals surface area contributed by atoms with E-state index in [-0.39, 0.29) is 30.2 Å². The molecule has 0 fully saturated rings. The van der Waals surface area contributed by atoms with E-state index in [1.54, 1.807) is 17.9 Å². The lowest BCUT2D eigenvalue weighted by atomic mass is 9.93. The summed E-state index contributed by atoms with van der Waals surface area (Å²) >= 11 is 0. The van der Waals surface area contributed by atoms with Crippen LogP contribution in [0.5, 0.6) is 0 Å². The number of rotatable bonds is 2. The predicted molar refractivity (Wildman–Crippen MR) is 81.9 cm³/mol. The van der Waals surface area contributed by atoms with E-state index in [2.05, 4.69) is 10.2 Å². The fraction of sp³-hybridized carbons (Fsp3) is 0.562. The van der Waals surface area contributed by atoms with E-state index in [0.29, 0.717) is 23.7 Å². The molecule has 3 rings (SSSR count). The van der Waals surface area contributed by atoms with Crippen LogP contribution in [0.15, 0.2) is 10.5 Å². The molecular weight excluding hydrogens is 318 g/mol. The van der Waals surface area contributed by atoms with Crippen LogP contribution < -0.4 is 0 Å². The average molecular weight is 338 g/mol. The largest absolute Gasteiger partial charge is 0.465 e. The second kappa shape index (κ2) is 5.68. The zero-order valence-corrected chi connectivity index (χ0v) is 14.1. The van der Waals surface area contributed by atoms with Crippen LogP contribution in [-0.4, -0.2) is 32.1 Å². The highest BCUT2D eigenvalue weighted by Gasteiger charge is 2.30. The van der Waals surface area contributed by atoms with Crippen molar-refractivity contribution in [2.24, 2.45) is 0 Å². The third-order valence-electron chi connectivity index (χ3n) is 4.15. The van der Waals surface area contributed by atoms with Crippen LogP contribution in [0.1, 0.15) is 60.7 Å². The first-order chi connectivity index (χ1) is 11.2. The van der Waals surface area contributed by atoms with Gasteiger partial charge in [0, 0.05) is 18.5 Å². The molecule has 1 amide bonds. The summed E-state index contributed by atoms with van der Waals surface area (Å²) in [5.41, 5.74) is 0.305. The molecular formula is C16H20F2N4O2. The Morgan fingerprint density at radius 3 is 2.58 bits per heavy atom. The predicted octanol–water partition coefficient (Wildman–Crippen LogP) is 3.07. The Morgan fingerprint density at radius 2 is 2.00 bits per heavy atom. The first kappa shape index (κ1) is 16.6. The summed E-state index contributed by atoms with van der Waals surface area (Å²) in [5, 5.41) is 7.31. The maximum absolute atomic E-state index is 12.9. The van der Waals surface area contributed by atoms with E-state index in [9.17, 15) is 13.6 Å². The molecule has 24 heavy (non-hydrogen) atoms. The molecule has 8 heteroatoms. The van der Waals surface area contributed by atoms with Crippen LogP contribution in [0.25, 0.3) is 0 Å². The molecule has 130 valence electrons. The number of furan rings is 1. The fourth-order valence-corrected chi connectivity index (χ4v) is 2.75. The molecule has 6 nitrogen and oxygen atoms in total. The van der Waals surface area contributed by atoms with Crippen LogP contribution in [-0.2, 0) is 18.5 Å². The first-order valence-electron chi connectivity index (χ1n) is 7.79. The second-order valence-corrected chi connectivity index (χ2v) is 6.98. The van der Waals surface area contributed by atoms with Crippen LogP contribution in [0, 0.1) is 6.92 Å². The normalized spacial score (nSPS) is 15.0. The summed E-state index contributed by atoms with van der Waals surface area (Å²) in [6.45, 7) is 8.53. The highest BCUT2D eigenvalue weighted by Crippen LogP contribution is 2.28. The van der Waals surface area contributed by atoms with Gasteiger partial charge in [0.25, 0.3) is 12.3 Å². The molecule has 0 atom stereocenters. The maximum atomic E-state index is 12.9. The molecule has 0 N–H and O–H groups in total. The molecule has 0 radical (unpaired) electrons. The van der Waals surface area contributed by atoms with E-state index >= 15 is 0 Å². The minimum atomic E-state index is -2.67. The molecule has 1 aliphatic heterocycles.